The summed E-state index contributed by atoms with van der Waals surface area (Å²) in [7, 11) is 0. The molecule has 0 spiro atoms. The van der Waals surface area contributed by atoms with Gasteiger partial charge in [-0.2, -0.15) is 5.10 Å². The van der Waals surface area contributed by atoms with Gasteiger partial charge in [-0.1, -0.05) is 60.7 Å². The van der Waals surface area contributed by atoms with Gasteiger partial charge in [0.25, 0.3) is 5.91 Å². The van der Waals surface area contributed by atoms with Gasteiger partial charge in [0.05, 0.1) is 5.69 Å². The molecule has 0 fully saturated rings. The van der Waals surface area contributed by atoms with E-state index in [1.54, 1.807) is 30.3 Å². The maximum absolute atomic E-state index is 12.4. The van der Waals surface area contributed by atoms with E-state index in [9.17, 15) is 9.59 Å². The quantitative estimate of drug-likeness (QED) is 0.670. The number of aromatic nitrogens is 2. The van der Waals surface area contributed by atoms with Crippen molar-refractivity contribution in [1.29, 1.82) is 0 Å². The molecule has 0 bridgehead atoms. The number of H-pyrrole nitrogens is 1. The molecule has 4 N–H and O–H groups in total. The molecule has 0 saturated heterocycles. The summed E-state index contributed by atoms with van der Waals surface area (Å²) in [6.07, 6.45) is 0. The third-order valence-electron chi connectivity index (χ3n) is 3.58. The molecule has 0 aliphatic rings. The van der Waals surface area contributed by atoms with E-state index in [2.05, 4.69) is 15.5 Å². The van der Waals surface area contributed by atoms with Crippen LogP contribution in [-0.2, 0) is 4.79 Å². The number of nitrogens with two attached hydrogens (primary N) is 1. The Bertz CT molecular complexity index is 844. The van der Waals surface area contributed by atoms with Crippen LogP contribution >= 0.6 is 0 Å². The number of hydrogen-bond donors (Lipinski definition) is 3. The highest BCUT2D eigenvalue weighted by atomic mass is 16.2. The Hall–Kier alpha value is -3.41. The molecule has 2 amide bonds. The topological polar surface area (TPSA) is 101 Å². The highest BCUT2D eigenvalue weighted by Crippen LogP contribution is 2.18. The Morgan fingerprint density at radius 1 is 1.00 bits per heavy atom. The molecule has 2 aromatic carbocycles. The second kappa shape index (κ2) is 6.78. The van der Waals surface area contributed by atoms with Gasteiger partial charge in [-0.05, 0) is 11.6 Å². The lowest BCUT2D eigenvalue weighted by atomic mass is 10.1. The Labute approximate surface area is 138 Å². The standard InChI is InChI=1S/C18H16N4O2/c19-17(23)16(13-9-5-2-6-10-13)20-18(24)15-11-14(21-22-15)12-7-3-1-4-8-12/h1-11,16H,(H2,19,23)(H,20,24)(H,21,22)/t16-/m1/s1. The molecule has 0 aliphatic heterocycles. The molecule has 1 atom stereocenters. The lowest BCUT2D eigenvalue weighted by molar-refractivity contribution is -0.120. The van der Waals surface area contributed by atoms with Gasteiger partial charge in [0.15, 0.2) is 0 Å². The molecule has 6 nitrogen and oxygen atoms in total. The highest BCUT2D eigenvalue weighted by Gasteiger charge is 2.21. The molecule has 0 radical (unpaired) electrons. The van der Waals surface area contributed by atoms with Crippen LogP contribution in [0.2, 0.25) is 0 Å². The molecule has 24 heavy (non-hydrogen) atoms. The van der Waals surface area contributed by atoms with Crippen molar-refractivity contribution in [1.82, 2.24) is 15.5 Å². The number of carbonyl (C=O) groups excluding carboxylic acids is 2. The third-order valence-corrected chi connectivity index (χ3v) is 3.58. The predicted octanol–water partition coefficient (Wildman–Crippen LogP) is 2.03. The summed E-state index contributed by atoms with van der Waals surface area (Å²) in [5, 5.41) is 9.45. The molecule has 3 rings (SSSR count). The van der Waals surface area contributed by atoms with E-state index < -0.39 is 17.9 Å². The number of amides is 2. The number of rotatable bonds is 5. The van der Waals surface area contributed by atoms with Crippen LogP contribution in [0.4, 0.5) is 0 Å². The van der Waals surface area contributed by atoms with Crippen LogP contribution < -0.4 is 11.1 Å². The normalized spacial score (nSPS) is 11.7. The number of carbonyl (C=O) groups is 2. The van der Waals surface area contributed by atoms with Crippen LogP contribution in [-0.4, -0.2) is 22.0 Å². The second-order valence-corrected chi connectivity index (χ2v) is 5.25. The number of hydrogen-bond acceptors (Lipinski definition) is 3. The van der Waals surface area contributed by atoms with Gasteiger partial charge in [0.1, 0.15) is 11.7 Å². The first-order valence-corrected chi connectivity index (χ1v) is 7.41. The molecule has 0 saturated carbocycles. The third kappa shape index (κ3) is 3.33. The van der Waals surface area contributed by atoms with E-state index in [4.69, 9.17) is 5.73 Å². The fourth-order valence-corrected chi connectivity index (χ4v) is 2.37. The Balaban J connectivity index is 1.79. The average molecular weight is 320 g/mol. The van der Waals surface area contributed by atoms with E-state index in [0.29, 0.717) is 11.3 Å². The van der Waals surface area contributed by atoms with Gasteiger partial charge >= 0.3 is 0 Å². The summed E-state index contributed by atoms with van der Waals surface area (Å²) >= 11 is 0. The number of aromatic amines is 1. The van der Waals surface area contributed by atoms with Crippen LogP contribution in [0.3, 0.4) is 0 Å². The van der Waals surface area contributed by atoms with E-state index in [1.807, 2.05) is 36.4 Å². The van der Waals surface area contributed by atoms with Gasteiger partial charge in [0.2, 0.25) is 5.91 Å². The maximum Gasteiger partial charge on any atom is 0.270 e. The second-order valence-electron chi connectivity index (χ2n) is 5.25. The molecule has 0 aliphatic carbocycles. The van der Waals surface area contributed by atoms with Crippen LogP contribution in [0.5, 0.6) is 0 Å². The Kier molecular flexibility index (Phi) is 4.38. The van der Waals surface area contributed by atoms with Gasteiger partial charge < -0.3 is 11.1 Å². The average Bonchev–Trinajstić information content (AvgIpc) is 3.11. The van der Waals surface area contributed by atoms with Gasteiger partial charge in [0, 0.05) is 5.56 Å². The largest absolute Gasteiger partial charge is 0.368 e. The lowest BCUT2D eigenvalue weighted by Gasteiger charge is -2.15. The summed E-state index contributed by atoms with van der Waals surface area (Å²) < 4.78 is 0. The SMILES string of the molecule is NC(=O)[C@H](NC(=O)c1cc(-c2ccccc2)n[nH]1)c1ccccc1. The summed E-state index contributed by atoms with van der Waals surface area (Å²) in [4.78, 5) is 24.1. The first kappa shape index (κ1) is 15.5. The van der Waals surface area contributed by atoms with Crippen molar-refractivity contribution in [2.45, 2.75) is 6.04 Å². The molecule has 1 aromatic heterocycles. The zero-order valence-corrected chi connectivity index (χ0v) is 12.8. The van der Waals surface area contributed by atoms with Crippen molar-refractivity contribution in [2.75, 3.05) is 0 Å². The van der Waals surface area contributed by atoms with E-state index in [0.717, 1.165) is 5.56 Å². The van der Waals surface area contributed by atoms with Crippen molar-refractivity contribution >= 4 is 11.8 Å². The van der Waals surface area contributed by atoms with Gasteiger partial charge in [-0.15, -0.1) is 0 Å². The number of nitrogens with one attached hydrogen (secondary N) is 2. The summed E-state index contributed by atoms with van der Waals surface area (Å²) in [6, 6.07) is 19.1. The van der Waals surface area contributed by atoms with Crippen LogP contribution in [0.15, 0.2) is 66.7 Å². The van der Waals surface area contributed by atoms with Crippen LogP contribution in [0, 0.1) is 0 Å². The number of benzene rings is 2. The fourth-order valence-electron chi connectivity index (χ4n) is 2.37. The van der Waals surface area contributed by atoms with Gasteiger partial charge in [-0.25, -0.2) is 0 Å². The minimum Gasteiger partial charge on any atom is -0.368 e. The molecular formula is C18H16N4O2. The summed E-state index contributed by atoms with van der Waals surface area (Å²) in [5.74, 6) is -1.07. The smallest absolute Gasteiger partial charge is 0.270 e. The molecule has 6 heteroatoms. The number of nitrogens with zero attached hydrogens (tertiary/aromatic N) is 1. The molecule has 120 valence electrons. The van der Waals surface area contributed by atoms with Crippen LogP contribution in [0.1, 0.15) is 22.1 Å². The predicted molar refractivity (Wildman–Crippen MR) is 89.9 cm³/mol. The molecule has 3 aromatic rings. The minimum absolute atomic E-state index is 0.260. The first-order valence-electron chi connectivity index (χ1n) is 7.41. The zero-order valence-electron chi connectivity index (χ0n) is 12.8. The molecule has 1 heterocycles. The minimum atomic E-state index is -0.901. The van der Waals surface area contributed by atoms with Crippen molar-refractivity contribution < 1.29 is 9.59 Å². The fraction of sp³-hybridized carbons (Fsp3) is 0.0556. The Morgan fingerprint density at radius 2 is 1.62 bits per heavy atom. The van der Waals surface area contributed by atoms with Crippen LogP contribution in [0.25, 0.3) is 11.3 Å². The monoisotopic (exact) mass is 320 g/mol. The summed E-state index contributed by atoms with van der Waals surface area (Å²) in [6.45, 7) is 0. The van der Waals surface area contributed by atoms with Gasteiger partial charge in [-0.3, -0.25) is 14.7 Å². The van der Waals surface area contributed by atoms with Crippen molar-refractivity contribution in [2.24, 2.45) is 5.73 Å². The van der Waals surface area contributed by atoms with Crippen molar-refractivity contribution in [3.63, 3.8) is 0 Å². The molecule has 0 unspecified atom stereocenters. The lowest BCUT2D eigenvalue weighted by Crippen LogP contribution is -2.37. The van der Waals surface area contributed by atoms with E-state index in [1.165, 1.54) is 0 Å². The first-order chi connectivity index (χ1) is 11.6. The number of primary amides is 1. The summed E-state index contributed by atoms with van der Waals surface area (Å²) in [5.41, 5.74) is 7.84. The highest BCUT2D eigenvalue weighted by molar-refractivity contribution is 5.96. The Morgan fingerprint density at radius 3 is 2.25 bits per heavy atom. The van der Waals surface area contributed by atoms with E-state index >= 15 is 0 Å². The zero-order chi connectivity index (χ0) is 16.9. The maximum atomic E-state index is 12.4. The molecular weight excluding hydrogens is 304 g/mol. The van der Waals surface area contributed by atoms with E-state index in [-0.39, 0.29) is 5.69 Å². The van der Waals surface area contributed by atoms with Crippen molar-refractivity contribution in [3.05, 3.63) is 78.0 Å². The van der Waals surface area contributed by atoms with Crippen molar-refractivity contribution in [3.8, 4) is 11.3 Å².